The predicted molar refractivity (Wildman–Crippen MR) is 72.2 cm³/mol. The number of ether oxygens (including phenoxy) is 2. The Kier molecular flexibility index (Phi) is 3.88. The normalized spacial score (nSPS) is 10.2. The van der Waals surface area contributed by atoms with Crippen molar-refractivity contribution in [2.24, 2.45) is 0 Å². The smallest absolute Gasteiger partial charge is 0.227 e. The number of rotatable bonds is 3. The van der Waals surface area contributed by atoms with Crippen molar-refractivity contribution in [1.82, 2.24) is 9.97 Å². The van der Waals surface area contributed by atoms with Crippen LogP contribution in [0.4, 0.5) is 5.95 Å². The Morgan fingerprint density at radius 3 is 2.67 bits per heavy atom. The largest absolute Gasteiger partial charge is 0.481 e. The molecule has 1 heterocycles. The van der Waals surface area contributed by atoms with Crippen molar-refractivity contribution in [3.8, 4) is 17.5 Å². The first kappa shape index (κ1) is 12.9. The SMILES string of the molecule is COc1cc(Oc2cc(Br)ccc2Cl)nc(N)n1. The highest BCUT2D eigenvalue weighted by Gasteiger charge is 2.08. The lowest BCUT2D eigenvalue weighted by Crippen LogP contribution is -1.99. The fraction of sp³-hybridized carbons (Fsp3) is 0.0909. The summed E-state index contributed by atoms with van der Waals surface area (Å²) in [7, 11) is 1.48. The summed E-state index contributed by atoms with van der Waals surface area (Å²) in [6.45, 7) is 0. The molecule has 0 atom stereocenters. The molecule has 0 radical (unpaired) electrons. The molecule has 0 fully saturated rings. The number of benzene rings is 1. The molecule has 2 aromatic rings. The first-order valence-electron chi connectivity index (χ1n) is 4.90. The van der Waals surface area contributed by atoms with E-state index in [0.717, 1.165) is 4.47 Å². The van der Waals surface area contributed by atoms with Crippen LogP contribution in [0.5, 0.6) is 17.5 Å². The van der Waals surface area contributed by atoms with E-state index in [1.807, 2.05) is 6.07 Å². The van der Waals surface area contributed by atoms with Gasteiger partial charge in [0, 0.05) is 4.47 Å². The van der Waals surface area contributed by atoms with E-state index in [-0.39, 0.29) is 11.8 Å². The molecule has 0 saturated heterocycles. The Morgan fingerprint density at radius 2 is 1.94 bits per heavy atom. The van der Waals surface area contributed by atoms with Gasteiger partial charge in [0.1, 0.15) is 5.75 Å². The van der Waals surface area contributed by atoms with Crippen LogP contribution < -0.4 is 15.2 Å². The summed E-state index contributed by atoms with van der Waals surface area (Å²) < 4.78 is 11.4. The minimum atomic E-state index is 0.0652. The third-order valence-corrected chi connectivity index (χ3v) is 2.82. The highest BCUT2D eigenvalue weighted by molar-refractivity contribution is 9.10. The number of nitrogens with two attached hydrogens (primary N) is 1. The topological polar surface area (TPSA) is 70.3 Å². The fourth-order valence-electron chi connectivity index (χ4n) is 1.25. The van der Waals surface area contributed by atoms with Gasteiger partial charge < -0.3 is 15.2 Å². The molecule has 1 aromatic heterocycles. The third kappa shape index (κ3) is 3.02. The minimum absolute atomic E-state index is 0.0652. The Hall–Kier alpha value is -1.53. The van der Waals surface area contributed by atoms with Crippen LogP contribution in [0.3, 0.4) is 0 Å². The molecule has 94 valence electrons. The van der Waals surface area contributed by atoms with Crippen molar-refractivity contribution in [3.05, 3.63) is 33.8 Å². The molecule has 7 heteroatoms. The quantitative estimate of drug-likeness (QED) is 0.935. The average Bonchev–Trinajstić information content (AvgIpc) is 2.33. The summed E-state index contributed by atoms with van der Waals surface area (Å²) in [5.74, 6) is 1.12. The van der Waals surface area contributed by atoms with E-state index in [0.29, 0.717) is 16.7 Å². The molecule has 1 aromatic carbocycles. The second kappa shape index (κ2) is 5.41. The second-order valence-electron chi connectivity index (χ2n) is 3.28. The van der Waals surface area contributed by atoms with Crippen LogP contribution in [0, 0.1) is 0 Å². The molecule has 2 rings (SSSR count). The summed E-state index contributed by atoms with van der Waals surface area (Å²) in [6.07, 6.45) is 0. The van der Waals surface area contributed by atoms with E-state index in [9.17, 15) is 0 Å². The number of hydrogen-bond donors (Lipinski definition) is 1. The molecule has 0 aliphatic carbocycles. The van der Waals surface area contributed by atoms with Gasteiger partial charge in [-0.3, -0.25) is 0 Å². The summed E-state index contributed by atoms with van der Waals surface area (Å²) in [6, 6.07) is 6.77. The van der Waals surface area contributed by atoms with Gasteiger partial charge in [-0.05, 0) is 18.2 Å². The van der Waals surface area contributed by atoms with E-state index >= 15 is 0 Å². The summed E-state index contributed by atoms with van der Waals surface area (Å²) in [5, 5.41) is 0.467. The number of aromatic nitrogens is 2. The van der Waals surface area contributed by atoms with E-state index in [4.69, 9.17) is 26.8 Å². The monoisotopic (exact) mass is 329 g/mol. The number of nitrogen functional groups attached to an aromatic ring is 1. The van der Waals surface area contributed by atoms with Crippen molar-refractivity contribution >= 4 is 33.5 Å². The van der Waals surface area contributed by atoms with Crippen LogP contribution in [0.15, 0.2) is 28.7 Å². The maximum absolute atomic E-state index is 6.01. The Balaban J connectivity index is 2.33. The Bertz CT molecular complexity index is 580. The number of anilines is 1. The van der Waals surface area contributed by atoms with Gasteiger partial charge in [-0.15, -0.1) is 0 Å². The van der Waals surface area contributed by atoms with Gasteiger partial charge in [0.15, 0.2) is 0 Å². The van der Waals surface area contributed by atoms with Crippen molar-refractivity contribution in [3.63, 3.8) is 0 Å². The van der Waals surface area contributed by atoms with Crippen molar-refractivity contribution in [2.45, 2.75) is 0 Å². The van der Waals surface area contributed by atoms with Crippen LogP contribution in [0.1, 0.15) is 0 Å². The highest BCUT2D eigenvalue weighted by Crippen LogP contribution is 2.32. The molecule has 5 nitrogen and oxygen atoms in total. The minimum Gasteiger partial charge on any atom is -0.481 e. The lowest BCUT2D eigenvalue weighted by molar-refractivity contribution is 0.389. The Labute approximate surface area is 117 Å². The molecule has 18 heavy (non-hydrogen) atoms. The van der Waals surface area contributed by atoms with Crippen LogP contribution in [-0.2, 0) is 0 Å². The highest BCUT2D eigenvalue weighted by atomic mass is 79.9. The zero-order chi connectivity index (χ0) is 13.1. The predicted octanol–water partition coefficient (Wildman–Crippen LogP) is 3.28. The lowest BCUT2D eigenvalue weighted by Gasteiger charge is -2.08. The van der Waals surface area contributed by atoms with Crippen LogP contribution in [-0.4, -0.2) is 17.1 Å². The van der Waals surface area contributed by atoms with Crippen molar-refractivity contribution in [2.75, 3.05) is 12.8 Å². The van der Waals surface area contributed by atoms with Gasteiger partial charge in [0.05, 0.1) is 18.2 Å². The summed E-state index contributed by atoms with van der Waals surface area (Å²) in [4.78, 5) is 7.79. The molecular weight excluding hydrogens is 321 g/mol. The van der Waals surface area contributed by atoms with Gasteiger partial charge in [0.25, 0.3) is 0 Å². The van der Waals surface area contributed by atoms with Gasteiger partial charge in [0.2, 0.25) is 17.7 Å². The average molecular weight is 331 g/mol. The van der Waals surface area contributed by atoms with Gasteiger partial charge in [-0.25, -0.2) is 0 Å². The zero-order valence-electron chi connectivity index (χ0n) is 9.35. The molecule has 0 aliphatic rings. The molecule has 0 amide bonds. The van der Waals surface area contributed by atoms with Crippen LogP contribution >= 0.6 is 27.5 Å². The van der Waals surface area contributed by atoms with E-state index in [1.165, 1.54) is 13.2 Å². The van der Waals surface area contributed by atoms with Crippen LogP contribution in [0.2, 0.25) is 5.02 Å². The van der Waals surface area contributed by atoms with E-state index < -0.39 is 0 Å². The first-order valence-corrected chi connectivity index (χ1v) is 6.07. The molecule has 0 unspecified atom stereocenters. The van der Waals surface area contributed by atoms with E-state index in [1.54, 1.807) is 12.1 Å². The van der Waals surface area contributed by atoms with Gasteiger partial charge >= 0.3 is 0 Å². The number of halogens is 2. The summed E-state index contributed by atoms with van der Waals surface area (Å²) in [5.41, 5.74) is 5.53. The number of hydrogen-bond acceptors (Lipinski definition) is 5. The van der Waals surface area contributed by atoms with E-state index in [2.05, 4.69) is 25.9 Å². The number of methoxy groups -OCH3 is 1. The Morgan fingerprint density at radius 1 is 1.22 bits per heavy atom. The van der Waals surface area contributed by atoms with Gasteiger partial charge in [-0.2, -0.15) is 9.97 Å². The van der Waals surface area contributed by atoms with Crippen molar-refractivity contribution < 1.29 is 9.47 Å². The lowest BCUT2D eigenvalue weighted by atomic mass is 10.3. The third-order valence-electron chi connectivity index (χ3n) is 2.01. The maximum Gasteiger partial charge on any atom is 0.227 e. The molecule has 2 N–H and O–H groups in total. The standard InChI is InChI=1S/C11H9BrClN3O2/c1-17-9-5-10(16-11(14)15-9)18-8-4-6(12)2-3-7(8)13/h2-5H,1H3,(H2,14,15,16). The molecule has 0 saturated carbocycles. The number of nitrogens with zero attached hydrogens (tertiary/aromatic N) is 2. The zero-order valence-corrected chi connectivity index (χ0v) is 11.7. The fourth-order valence-corrected chi connectivity index (χ4v) is 1.74. The molecule has 0 aliphatic heterocycles. The van der Waals surface area contributed by atoms with Crippen molar-refractivity contribution in [1.29, 1.82) is 0 Å². The van der Waals surface area contributed by atoms with Crippen LogP contribution in [0.25, 0.3) is 0 Å². The molecule has 0 bridgehead atoms. The second-order valence-corrected chi connectivity index (χ2v) is 4.61. The summed E-state index contributed by atoms with van der Waals surface area (Å²) >= 11 is 9.34. The maximum atomic E-state index is 6.01. The molecular formula is C11H9BrClN3O2. The first-order chi connectivity index (χ1) is 8.58. The molecule has 0 spiro atoms. The van der Waals surface area contributed by atoms with Gasteiger partial charge in [-0.1, -0.05) is 27.5 Å².